The second kappa shape index (κ2) is 8.34. The van der Waals surface area contributed by atoms with Crippen molar-refractivity contribution in [2.75, 3.05) is 6.61 Å². The Balaban J connectivity index is 2.13. The number of Topliss-reactive ketones (excluding diaryl/α,β-unsaturated/α-hetero) is 1. The normalized spacial score (nSPS) is 11.8. The summed E-state index contributed by atoms with van der Waals surface area (Å²) in [6, 6.07) is 15.0. The van der Waals surface area contributed by atoms with Gasteiger partial charge >= 0.3 is 0 Å². The smallest absolute Gasteiger partial charge is 0.166 e. The van der Waals surface area contributed by atoms with Crippen LogP contribution in [0.1, 0.15) is 36.2 Å². The largest absolute Gasteiger partial charge is 0.490 e. The molecule has 4 nitrogen and oxygen atoms in total. The highest BCUT2D eigenvalue weighted by Gasteiger charge is 2.13. The third kappa shape index (κ3) is 5.11. The number of carbonyl (C=O) groups is 1. The quantitative estimate of drug-likeness (QED) is 0.756. The van der Waals surface area contributed by atoms with Gasteiger partial charge in [0.1, 0.15) is 24.7 Å². The van der Waals surface area contributed by atoms with Crippen LogP contribution in [0.25, 0.3) is 0 Å². The topological polar surface area (TPSA) is 55.8 Å². The third-order valence-corrected chi connectivity index (χ3v) is 3.30. The Hall–Kier alpha value is -2.33. The number of hydrogen-bond donors (Lipinski definition) is 1. The lowest BCUT2D eigenvalue weighted by Gasteiger charge is -2.14. The highest BCUT2D eigenvalue weighted by Crippen LogP contribution is 2.26. The zero-order chi connectivity index (χ0) is 16.7. The fourth-order valence-electron chi connectivity index (χ4n) is 2.08. The second-order valence-corrected chi connectivity index (χ2v) is 5.37. The number of ketones is 1. The Morgan fingerprint density at radius 3 is 2.52 bits per heavy atom. The maximum Gasteiger partial charge on any atom is 0.166 e. The van der Waals surface area contributed by atoms with Gasteiger partial charge in [0.2, 0.25) is 0 Å². The average Bonchev–Trinajstić information content (AvgIpc) is 2.58. The average molecular weight is 314 g/mol. The number of benzene rings is 2. The van der Waals surface area contributed by atoms with Crippen molar-refractivity contribution >= 4 is 5.78 Å². The Bertz CT molecular complexity index is 635. The zero-order valence-corrected chi connectivity index (χ0v) is 13.5. The maximum atomic E-state index is 12.1. The van der Waals surface area contributed by atoms with Gasteiger partial charge in [-0.05, 0) is 30.7 Å². The number of ether oxygens (including phenoxy) is 2. The number of hydrogen-bond acceptors (Lipinski definition) is 4. The first-order valence-electron chi connectivity index (χ1n) is 7.75. The van der Waals surface area contributed by atoms with E-state index in [1.54, 1.807) is 32.0 Å². The summed E-state index contributed by atoms with van der Waals surface area (Å²) in [7, 11) is 0. The van der Waals surface area contributed by atoms with Crippen LogP contribution < -0.4 is 9.47 Å². The van der Waals surface area contributed by atoms with Gasteiger partial charge in [0.05, 0.1) is 11.7 Å². The highest BCUT2D eigenvalue weighted by atomic mass is 16.5. The van der Waals surface area contributed by atoms with E-state index < -0.39 is 6.10 Å². The molecule has 0 saturated heterocycles. The first-order valence-corrected chi connectivity index (χ1v) is 7.75. The summed E-state index contributed by atoms with van der Waals surface area (Å²) in [5.41, 5.74) is 1.55. The van der Waals surface area contributed by atoms with Crippen LogP contribution >= 0.6 is 0 Å². The molecule has 1 atom stereocenters. The van der Waals surface area contributed by atoms with Gasteiger partial charge in [0.25, 0.3) is 0 Å². The van der Waals surface area contributed by atoms with E-state index in [2.05, 4.69) is 0 Å². The summed E-state index contributed by atoms with van der Waals surface area (Å²) in [5.74, 6) is 1.08. The Morgan fingerprint density at radius 2 is 1.87 bits per heavy atom. The first-order chi connectivity index (χ1) is 11.1. The van der Waals surface area contributed by atoms with Gasteiger partial charge < -0.3 is 14.6 Å². The van der Waals surface area contributed by atoms with Gasteiger partial charge in [0, 0.05) is 6.42 Å². The monoisotopic (exact) mass is 314 g/mol. The lowest BCUT2D eigenvalue weighted by Crippen LogP contribution is -2.14. The van der Waals surface area contributed by atoms with E-state index in [1.807, 2.05) is 30.3 Å². The lowest BCUT2D eigenvalue weighted by molar-refractivity contribution is 0.0971. The van der Waals surface area contributed by atoms with E-state index in [0.717, 1.165) is 5.56 Å². The van der Waals surface area contributed by atoms with Crippen LogP contribution in [0.5, 0.6) is 11.5 Å². The van der Waals surface area contributed by atoms with Gasteiger partial charge in [-0.2, -0.15) is 0 Å². The Kier molecular flexibility index (Phi) is 6.18. The fraction of sp³-hybridized carbons (Fsp3) is 0.316. The highest BCUT2D eigenvalue weighted by molar-refractivity contribution is 5.98. The number of aliphatic hydroxyl groups excluding tert-OH is 1. The molecule has 0 saturated carbocycles. The van der Waals surface area contributed by atoms with Crippen molar-refractivity contribution in [2.24, 2.45) is 0 Å². The summed E-state index contributed by atoms with van der Waals surface area (Å²) in [4.78, 5) is 12.1. The molecule has 23 heavy (non-hydrogen) atoms. The summed E-state index contributed by atoms with van der Waals surface area (Å²) in [6.45, 7) is 4.03. The molecule has 0 heterocycles. The van der Waals surface area contributed by atoms with Crippen LogP contribution in [0.4, 0.5) is 0 Å². The van der Waals surface area contributed by atoms with E-state index in [4.69, 9.17) is 9.47 Å². The van der Waals surface area contributed by atoms with Gasteiger partial charge in [-0.3, -0.25) is 4.79 Å². The van der Waals surface area contributed by atoms with Crippen molar-refractivity contribution in [1.29, 1.82) is 0 Å². The van der Waals surface area contributed by atoms with E-state index in [-0.39, 0.29) is 12.4 Å². The summed E-state index contributed by atoms with van der Waals surface area (Å²) >= 11 is 0. The van der Waals surface area contributed by atoms with Crippen LogP contribution in [0, 0.1) is 0 Å². The van der Waals surface area contributed by atoms with Crippen LogP contribution in [0.2, 0.25) is 0 Å². The molecule has 0 amide bonds. The maximum absolute atomic E-state index is 12.1. The number of rotatable bonds is 8. The Morgan fingerprint density at radius 1 is 1.13 bits per heavy atom. The van der Waals surface area contributed by atoms with Crippen molar-refractivity contribution in [2.45, 2.75) is 33.0 Å². The molecule has 0 unspecified atom stereocenters. The summed E-state index contributed by atoms with van der Waals surface area (Å²) < 4.78 is 11.3. The van der Waals surface area contributed by atoms with E-state index >= 15 is 0 Å². The molecule has 0 spiro atoms. The van der Waals surface area contributed by atoms with Gasteiger partial charge in [-0.15, -0.1) is 0 Å². The third-order valence-electron chi connectivity index (χ3n) is 3.30. The summed E-state index contributed by atoms with van der Waals surface area (Å²) in [5, 5.41) is 9.33. The molecule has 0 radical (unpaired) electrons. The molecule has 2 rings (SSSR count). The lowest BCUT2D eigenvalue weighted by atomic mass is 10.1. The molecule has 0 aliphatic carbocycles. The standard InChI is InChI=1S/C19H22O4/c1-3-18(21)17-11-16(9-10-19(17)23-12-14(2)20)22-13-15-7-5-4-6-8-15/h4-11,14,20H,3,12-13H2,1-2H3/t14-/m1/s1. The van der Waals surface area contributed by atoms with Crippen molar-refractivity contribution in [3.8, 4) is 11.5 Å². The SMILES string of the molecule is CCC(=O)c1cc(OCc2ccccc2)ccc1OC[C@@H](C)O. The molecule has 0 bridgehead atoms. The molecule has 1 N–H and O–H groups in total. The zero-order valence-electron chi connectivity index (χ0n) is 13.5. The van der Waals surface area contributed by atoms with Gasteiger partial charge in [-0.25, -0.2) is 0 Å². The van der Waals surface area contributed by atoms with Crippen molar-refractivity contribution < 1.29 is 19.4 Å². The molecule has 0 aliphatic heterocycles. The van der Waals surface area contributed by atoms with Crippen molar-refractivity contribution in [3.63, 3.8) is 0 Å². The van der Waals surface area contributed by atoms with E-state index in [1.165, 1.54) is 0 Å². The van der Waals surface area contributed by atoms with Crippen LogP contribution in [-0.4, -0.2) is 23.6 Å². The van der Waals surface area contributed by atoms with Crippen LogP contribution in [0.15, 0.2) is 48.5 Å². The minimum absolute atomic E-state index is 0.0178. The fourth-order valence-corrected chi connectivity index (χ4v) is 2.08. The minimum atomic E-state index is -0.589. The molecular weight excluding hydrogens is 292 g/mol. The molecule has 4 heteroatoms. The van der Waals surface area contributed by atoms with Crippen LogP contribution in [-0.2, 0) is 6.61 Å². The van der Waals surface area contributed by atoms with E-state index in [0.29, 0.717) is 30.1 Å². The van der Waals surface area contributed by atoms with E-state index in [9.17, 15) is 9.90 Å². The van der Waals surface area contributed by atoms with Gasteiger partial charge in [0.15, 0.2) is 5.78 Å². The number of carbonyl (C=O) groups excluding carboxylic acids is 1. The molecule has 2 aromatic rings. The summed E-state index contributed by atoms with van der Waals surface area (Å²) in [6.07, 6.45) is -0.207. The van der Waals surface area contributed by atoms with Crippen molar-refractivity contribution in [3.05, 3.63) is 59.7 Å². The molecule has 122 valence electrons. The van der Waals surface area contributed by atoms with Gasteiger partial charge in [-0.1, -0.05) is 37.3 Å². The predicted octanol–water partition coefficient (Wildman–Crippen LogP) is 3.62. The molecular formula is C19H22O4. The van der Waals surface area contributed by atoms with Crippen molar-refractivity contribution in [1.82, 2.24) is 0 Å². The molecule has 0 aromatic heterocycles. The molecule has 0 aliphatic rings. The molecule has 2 aromatic carbocycles. The predicted molar refractivity (Wildman–Crippen MR) is 89.0 cm³/mol. The minimum Gasteiger partial charge on any atom is -0.490 e. The molecule has 0 fully saturated rings. The van der Waals surface area contributed by atoms with Crippen LogP contribution in [0.3, 0.4) is 0 Å². The Labute approximate surface area is 136 Å². The number of aliphatic hydroxyl groups is 1. The first kappa shape index (κ1) is 17.0. The second-order valence-electron chi connectivity index (χ2n) is 5.37.